The molecule has 4 atom stereocenters. The van der Waals surface area contributed by atoms with Gasteiger partial charge < -0.3 is 15.2 Å². The third kappa shape index (κ3) is 2.76. The number of halogens is 3. The SMILES string of the molecule is O[C@@H]1CC[C@H]1Nc1nnc(-c2c(F)cc(C3(F)CC3)cc2F)c2c1[C@@H]1CC[C@H](C2)O1. The molecule has 1 aromatic carbocycles. The predicted octanol–water partition coefficient (Wildman–Crippen LogP) is 4.09. The summed E-state index contributed by atoms with van der Waals surface area (Å²) in [5.41, 5.74) is -0.163. The van der Waals surface area contributed by atoms with Gasteiger partial charge in [0.05, 0.1) is 29.9 Å². The molecule has 158 valence electrons. The zero-order valence-corrected chi connectivity index (χ0v) is 16.3. The Morgan fingerprint density at radius 2 is 1.83 bits per heavy atom. The van der Waals surface area contributed by atoms with Crippen molar-refractivity contribution in [2.24, 2.45) is 0 Å². The van der Waals surface area contributed by atoms with Crippen LogP contribution in [0.2, 0.25) is 0 Å². The summed E-state index contributed by atoms with van der Waals surface area (Å²) in [4.78, 5) is 0. The second-order valence-corrected chi connectivity index (χ2v) is 8.99. The number of anilines is 1. The number of aromatic nitrogens is 2. The molecule has 8 heteroatoms. The summed E-state index contributed by atoms with van der Waals surface area (Å²) < 4.78 is 50.4. The molecule has 1 aromatic heterocycles. The van der Waals surface area contributed by atoms with E-state index in [-0.39, 0.29) is 47.9 Å². The first-order valence-electron chi connectivity index (χ1n) is 10.6. The normalized spacial score (nSPS) is 30.5. The molecule has 3 fully saturated rings. The van der Waals surface area contributed by atoms with Gasteiger partial charge in [-0.2, -0.15) is 0 Å². The van der Waals surface area contributed by atoms with Gasteiger partial charge in [0.15, 0.2) is 5.82 Å². The molecule has 0 unspecified atom stereocenters. The van der Waals surface area contributed by atoms with Gasteiger partial charge in [-0.3, -0.25) is 0 Å². The molecule has 30 heavy (non-hydrogen) atoms. The van der Waals surface area contributed by atoms with Crippen molar-refractivity contribution in [2.75, 3.05) is 5.32 Å². The highest BCUT2D eigenvalue weighted by molar-refractivity contribution is 5.70. The summed E-state index contributed by atoms with van der Waals surface area (Å²) in [5.74, 6) is -1.13. The standard InChI is InChI=1S/C22H22F3N3O2/c23-13-7-10(22(25)5-6-22)8-14(24)19(13)20-12-9-11-1-4-17(30-11)18(12)21(28-27-20)26-15-2-3-16(15)29/h7-8,11,15-17,29H,1-6,9H2,(H,26,28)/t11-,15-,16-,17+/m1/s1. The third-order valence-corrected chi connectivity index (χ3v) is 7.02. The van der Waals surface area contributed by atoms with Crippen molar-refractivity contribution in [1.82, 2.24) is 10.2 Å². The Balaban J connectivity index is 1.47. The highest BCUT2D eigenvalue weighted by Crippen LogP contribution is 2.51. The van der Waals surface area contributed by atoms with E-state index in [2.05, 4.69) is 15.5 Å². The molecule has 2 saturated carbocycles. The molecule has 0 radical (unpaired) electrons. The fourth-order valence-electron chi connectivity index (χ4n) is 4.92. The molecule has 2 aromatic rings. The van der Waals surface area contributed by atoms with Crippen LogP contribution in [0.4, 0.5) is 19.0 Å². The Morgan fingerprint density at radius 1 is 1.07 bits per heavy atom. The lowest BCUT2D eigenvalue weighted by atomic mass is 9.88. The maximum Gasteiger partial charge on any atom is 0.155 e. The summed E-state index contributed by atoms with van der Waals surface area (Å²) >= 11 is 0. The number of nitrogens with zero attached hydrogens (tertiary/aromatic N) is 2. The van der Waals surface area contributed by atoms with Crippen molar-refractivity contribution < 1.29 is 23.0 Å². The average Bonchev–Trinajstić information content (AvgIpc) is 3.37. The van der Waals surface area contributed by atoms with E-state index in [4.69, 9.17) is 4.74 Å². The fraction of sp³-hybridized carbons (Fsp3) is 0.545. The summed E-state index contributed by atoms with van der Waals surface area (Å²) in [6.45, 7) is 0. The van der Waals surface area contributed by atoms with E-state index >= 15 is 8.78 Å². The van der Waals surface area contributed by atoms with E-state index in [0.717, 1.165) is 48.9 Å². The maximum atomic E-state index is 15.0. The highest BCUT2D eigenvalue weighted by Gasteiger charge is 2.46. The number of alkyl halides is 1. The van der Waals surface area contributed by atoms with Gasteiger partial charge in [0, 0.05) is 12.0 Å². The zero-order valence-electron chi connectivity index (χ0n) is 16.3. The van der Waals surface area contributed by atoms with Crippen LogP contribution in [0, 0.1) is 11.6 Å². The lowest BCUT2D eigenvalue weighted by Crippen LogP contribution is -2.43. The molecule has 3 heterocycles. The largest absolute Gasteiger partial charge is 0.391 e. The molecular weight excluding hydrogens is 395 g/mol. The van der Waals surface area contributed by atoms with Crippen molar-refractivity contribution in [1.29, 1.82) is 0 Å². The van der Waals surface area contributed by atoms with Crippen LogP contribution in [0.15, 0.2) is 12.1 Å². The van der Waals surface area contributed by atoms with Crippen LogP contribution in [-0.4, -0.2) is 33.6 Å². The second-order valence-electron chi connectivity index (χ2n) is 8.99. The molecule has 5 nitrogen and oxygen atoms in total. The van der Waals surface area contributed by atoms with Crippen LogP contribution >= 0.6 is 0 Å². The number of nitrogens with one attached hydrogen (secondary N) is 1. The van der Waals surface area contributed by atoms with Crippen molar-refractivity contribution in [3.63, 3.8) is 0 Å². The molecule has 1 saturated heterocycles. The lowest BCUT2D eigenvalue weighted by Gasteiger charge is -2.35. The van der Waals surface area contributed by atoms with E-state index in [1.54, 1.807) is 0 Å². The third-order valence-electron chi connectivity index (χ3n) is 7.02. The first kappa shape index (κ1) is 18.6. The Morgan fingerprint density at radius 3 is 2.47 bits per heavy atom. The van der Waals surface area contributed by atoms with Gasteiger partial charge in [-0.05, 0) is 61.8 Å². The molecule has 2 aliphatic carbocycles. The summed E-state index contributed by atoms with van der Waals surface area (Å²) in [6, 6.07) is 2.06. The molecule has 2 bridgehead atoms. The number of aliphatic hydroxyl groups is 1. The summed E-state index contributed by atoms with van der Waals surface area (Å²) in [6.07, 6.45) is 3.61. The zero-order chi connectivity index (χ0) is 20.6. The van der Waals surface area contributed by atoms with Gasteiger partial charge in [-0.1, -0.05) is 0 Å². The van der Waals surface area contributed by atoms with Gasteiger partial charge in [0.2, 0.25) is 0 Å². The van der Waals surface area contributed by atoms with Crippen molar-refractivity contribution >= 4 is 5.82 Å². The second kappa shape index (κ2) is 6.40. The molecule has 4 aliphatic rings. The Labute approximate surface area is 171 Å². The first-order valence-corrected chi connectivity index (χ1v) is 10.6. The molecule has 6 rings (SSSR count). The monoisotopic (exact) mass is 417 g/mol. The number of fused-ring (bicyclic) bond motifs is 4. The molecule has 0 amide bonds. The topological polar surface area (TPSA) is 67.3 Å². The van der Waals surface area contributed by atoms with Crippen molar-refractivity contribution in [3.05, 3.63) is 40.5 Å². The van der Waals surface area contributed by atoms with Crippen molar-refractivity contribution in [3.8, 4) is 11.3 Å². The number of benzene rings is 1. The molecule has 2 N–H and O–H groups in total. The number of rotatable bonds is 4. The van der Waals surface area contributed by atoms with Gasteiger partial charge in [-0.15, -0.1) is 10.2 Å². The van der Waals surface area contributed by atoms with E-state index in [1.807, 2.05) is 0 Å². The summed E-state index contributed by atoms with van der Waals surface area (Å²) in [5, 5.41) is 21.6. The van der Waals surface area contributed by atoms with E-state index in [1.165, 1.54) is 0 Å². The van der Waals surface area contributed by atoms with Crippen LogP contribution in [0.1, 0.15) is 61.3 Å². The van der Waals surface area contributed by atoms with Crippen LogP contribution in [0.5, 0.6) is 0 Å². The first-order chi connectivity index (χ1) is 14.4. The van der Waals surface area contributed by atoms with Crippen LogP contribution in [0.25, 0.3) is 11.3 Å². The minimum atomic E-state index is -1.62. The van der Waals surface area contributed by atoms with Gasteiger partial charge in [0.1, 0.15) is 23.0 Å². The average molecular weight is 417 g/mol. The van der Waals surface area contributed by atoms with E-state index in [9.17, 15) is 9.50 Å². The number of hydrogen-bond acceptors (Lipinski definition) is 5. The minimum Gasteiger partial charge on any atom is -0.391 e. The number of ether oxygens (including phenoxy) is 1. The lowest BCUT2D eigenvalue weighted by molar-refractivity contribution is 0.0322. The van der Waals surface area contributed by atoms with E-state index in [0.29, 0.717) is 12.2 Å². The van der Waals surface area contributed by atoms with Crippen molar-refractivity contribution in [2.45, 2.75) is 75.0 Å². The maximum absolute atomic E-state index is 15.0. The van der Waals surface area contributed by atoms with Crippen LogP contribution in [-0.2, 0) is 16.8 Å². The number of hydrogen-bond donors (Lipinski definition) is 2. The Kier molecular flexibility index (Phi) is 3.96. The van der Waals surface area contributed by atoms with Gasteiger partial charge >= 0.3 is 0 Å². The van der Waals surface area contributed by atoms with Crippen LogP contribution in [0.3, 0.4) is 0 Å². The Bertz CT molecular complexity index is 1020. The molecular formula is C22H22F3N3O2. The number of aliphatic hydroxyl groups excluding tert-OH is 1. The summed E-state index contributed by atoms with van der Waals surface area (Å²) in [7, 11) is 0. The van der Waals surface area contributed by atoms with E-state index < -0.39 is 23.4 Å². The quantitative estimate of drug-likeness (QED) is 0.784. The van der Waals surface area contributed by atoms with Crippen LogP contribution < -0.4 is 5.32 Å². The smallest absolute Gasteiger partial charge is 0.155 e. The highest BCUT2D eigenvalue weighted by atomic mass is 19.1. The minimum absolute atomic E-state index is 0.0152. The van der Waals surface area contributed by atoms with Gasteiger partial charge in [0.25, 0.3) is 0 Å². The Hall–Kier alpha value is -2.19. The fourth-order valence-corrected chi connectivity index (χ4v) is 4.92. The predicted molar refractivity (Wildman–Crippen MR) is 103 cm³/mol. The molecule has 0 spiro atoms. The molecule has 2 aliphatic heterocycles. The van der Waals surface area contributed by atoms with Gasteiger partial charge in [-0.25, -0.2) is 13.2 Å².